The van der Waals surface area contributed by atoms with Crippen molar-refractivity contribution in [3.05, 3.63) is 59.5 Å². The van der Waals surface area contributed by atoms with Gasteiger partial charge in [0.25, 0.3) is 0 Å². The first-order chi connectivity index (χ1) is 15.1. The van der Waals surface area contributed by atoms with Crippen LogP contribution in [0.5, 0.6) is 11.5 Å². The zero-order chi connectivity index (χ0) is 21.8. The molecule has 4 rings (SSSR count). The lowest BCUT2D eigenvalue weighted by Crippen LogP contribution is -2.06. The molecule has 0 unspecified atom stereocenters. The van der Waals surface area contributed by atoms with E-state index in [9.17, 15) is 0 Å². The smallest absolute Gasteiger partial charge is 0.226 e. The summed E-state index contributed by atoms with van der Waals surface area (Å²) in [4.78, 5) is 9.49. The van der Waals surface area contributed by atoms with Crippen LogP contribution in [0.1, 0.15) is 30.4 Å². The molecule has 0 saturated carbocycles. The SMILES string of the molecule is CCCc1nc(-c2cc3cccc(C)c3nc2NCc2cccc(OC)c2OC)no1. The summed E-state index contributed by atoms with van der Waals surface area (Å²) in [5.41, 5.74) is 3.79. The number of ether oxygens (including phenoxy) is 2. The largest absolute Gasteiger partial charge is 0.493 e. The first-order valence-corrected chi connectivity index (χ1v) is 10.3. The third kappa shape index (κ3) is 4.17. The lowest BCUT2D eigenvalue weighted by atomic mass is 10.1. The fraction of sp³-hybridized carbons (Fsp3) is 0.292. The van der Waals surface area contributed by atoms with Gasteiger partial charge >= 0.3 is 0 Å². The average Bonchev–Trinajstić information content (AvgIpc) is 3.26. The molecule has 0 atom stereocenters. The van der Waals surface area contributed by atoms with Crippen LogP contribution in [0, 0.1) is 6.92 Å². The Bertz CT molecular complexity index is 1200. The lowest BCUT2D eigenvalue weighted by molar-refractivity contribution is 0.352. The van der Waals surface area contributed by atoms with Crippen molar-refractivity contribution in [3.8, 4) is 22.9 Å². The second kappa shape index (κ2) is 9.04. The summed E-state index contributed by atoms with van der Waals surface area (Å²) in [5.74, 6) is 3.23. The molecule has 0 fully saturated rings. The summed E-state index contributed by atoms with van der Waals surface area (Å²) in [7, 11) is 3.27. The van der Waals surface area contributed by atoms with E-state index in [1.807, 2.05) is 30.3 Å². The van der Waals surface area contributed by atoms with Crippen molar-refractivity contribution in [1.29, 1.82) is 0 Å². The maximum absolute atomic E-state index is 5.57. The fourth-order valence-corrected chi connectivity index (χ4v) is 3.60. The van der Waals surface area contributed by atoms with E-state index in [4.69, 9.17) is 19.0 Å². The van der Waals surface area contributed by atoms with Crippen LogP contribution in [0.3, 0.4) is 0 Å². The summed E-state index contributed by atoms with van der Waals surface area (Å²) in [6.07, 6.45) is 1.69. The highest BCUT2D eigenvalue weighted by Gasteiger charge is 2.17. The van der Waals surface area contributed by atoms with E-state index in [1.165, 1.54) is 0 Å². The zero-order valence-corrected chi connectivity index (χ0v) is 18.2. The molecule has 0 aliphatic carbocycles. The average molecular weight is 418 g/mol. The third-order valence-corrected chi connectivity index (χ3v) is 5.15. The topological polar surface area (TPSA) is 82.3 Å². The van der Waals surface area contributed by atoms with Crippen LogP contribution in [0.2, 0.25) is 0 Å². The van der Waals surface area contributed by atoms with Gasteiger partial charge in [-0.25, -0.2) is 4.98 Å². The highest BCUT2D eigenvalue weighted by molar-refractivity contribution is 5.89. The number of benzene rings is 2. The Morgan fingerprint density at radius 2 is 1.87 bits per heavy atom. The Kier molecular flexibility index (Phi) is 6.02. The number of rotatable bonds is 8. The summed E-state index contributed by atoms with van der Waals surface area (Å²) < 4.78 is 16.4. The molecule has 7 heteroatoms. The van der Waals surface area contributed by atoms with E-state index in [2.05, 4.69) is 41.4 Å². The second-order valence-corrected chi connectivity index (χ2v) is 7.30. The van der Waals surface area contributed by atoms with Crippen molar-refractivity contribution >= 4 is 16.7 Å². The van der Waals surface area contributed by atoms with Crippen molar-refractivity contribution < 1.29 is 14.0 Å². The highest BCUT2D eigenvalue weighted by Crippen LogP contribution is 2.33. The molecule has 2 aromatic carbocycles. The van der Waals surface area contributed by atoms with Gasteiger partial charge in [0.05, 0.1) is 25.3 Å². The van der Waals surface area contributed by atoms with Gasteiger partial charge < -0.3 is 19.3 Å². The minimum atomic E-state index is 0.497. The predicted molar refractivity (Wildman–Crippen MR) is 121 cm³/mol. The van der Waals surface area contributed by atoms with Gasteiger partial charge in [-0.3, -0.25) is 0 Å². The number of pyridine rings is 1. The van der Waals surface area contributed by atoms with Gasteiger partial charge in [-0.2, -0.15) is 4.98 Å². The molecule has 0 radical (unpaired) electrons. The Balaban J connectivity index is 1.76. The van der Waals surface area contributed by atoms with Crippen LogP contribution < -0.4 is 14.8 Å². The first-order valence-electron chi connectivity index (χ1n) is 10.3. The van der Waals surface area contributed by atoms with Crippen molar-refractivity contribution in [2.45, 2.75) is 33.2 Å². The maximum Gasteiger partial charge on any atom is 0.226 e. The van der Waals surface area contributed by atoms with E-state index < -0.39 is 0 Å². The second-order valence-electron chi connectivity index (χ2n) is 7.30. The number of nitrogens with zero attached hydrogens (tertiary/aromatic N) is 3. The van der Waals surface area contributed by atoms with Crippen LogP contribution in [0.4, 0.5) is 5.82 Å². The highest BCUT2D eigenvalue weighted by atomic mass is 16.5. The molecular formula is C24H26N4O3. The van der Waals surface area contributed by atoms with Crippen molar-refractivity contribution in [2.75, 3.05) is 19.5 Å². The molecular weight excluding hydrogens is 392 g/mol. The van der Waals surface area contributed by atoms with Gasteiger partial charge in [0.15, 0.2) is 11.5 Å². The van der Waals surface area contributed by atoms with Crippen LogP contribution in [-0.2, 0) is 13.0 Å². The zero-order valence-electron chi connectivity index (χ0n) is 18.2. The van der Waals surface area contributed by atoms with Gasteiger partial charge in [-0.05, 0) is 31.0 Å². The van der Waals surface area contributed by atoms with Crippen molar-refractivity contribution in [3.63, 3.8) is 0 Å². The van der Waals surface area contributed by atoms with Crippen molar-refractivity contribution in [1.82, 2.24) is 15.1 Å². The Hall–Kier alpha value is -3.61. The van der Waals surface area contributed by atoms with Crippen LogP contribution >= 0.6 is 0 Å². The molecule has 0 spiro atoms. The minimum Gasteiger partial charge on any atom is -0.493 e. The summed E-state index contributed by atoms with van der Waals surface area (Å²) >= 11 is 0. The molecule has 0 bridgehead atoms. The number of fused-ring (bicyclic) bond motifs is 1. The van der Waals surface area contributed by atoms with Crippen LogP contribution in [0.25, 0.3) is 22.3 Å². The maximum atomic E-state index is 5.57. The molecule has 0 saturated heterocycles. The summed E-state index contributed by atoms with van der Waals surface area (Å²) in [5, 5.41) is 8.68. The molecule has 160 valence electrons. The van der Waals surface area contributed by atoms with E-state index in [1.54, 1.807) is 14.2 Å². The normalized spacial score (nSPS) is 11.0. The first kappa shape index (κ1) is 20.7. The standard InChI is InChI=1S/C24H26N4O3/c1-5-8-20-26-24(28-31-20)18-13-16-10-6-9-15(2)21(16)27-23(18)25-14-17-11-7-12-19(29-3)22(17)30-4/h6-7,9-13H,5,8,14H2,1-4H3,(H,25,27). The molecule has 0 aliphatic rings. The number of aromatic nitrogens is 3. The number of hydrogen-bond acceptors (Lipinski definition) is 7. The summed E-state index contributed by atoms with van der Waals surface area (Å²) in [6, 6.07) is 14.0. The van der Waals surface area contributed by atoms with Crippen LogP contribution in [0.15, 0.2) is 47.0 Å². The predicted octanol–water partition coefficient (Wildman–Crippen LogP) is 5.18. The number of aryl methyl sites for hydroxylation is 2. The molecule has 1 N–H and O–H groups in total. The molecule has 7 nitrogen and oxygen atoms in total. The molecule has 31 heavy (non-hydrogen) atoms. The van der Waals surface area contributed by atoms with Gasteiger partial charge in [0.2, 0.25) is 11.7 Å². The number of methoxy groups -OCH3 is 2. The van der Waals surface area contributed by atoms with E-state index in [-0.39, 0.29) is 0 Å². The fourth-order valence-electron chi connectivity index (χ4n) is 3.60. The van der Waals surface area contributed by atoms with Crippen LogP contribution in [-0.4, -0.2) is 29.3 Å². The molecule has 2 aromatic heterocycles. The Morgan fingerprint density at radius 1 is 1.03 bits per heavy atom. The number of para-hydroxylation sites is 2. The molecule has 0 aliphatic heterocycles. The quantitative estimate of drug-likeness (QED) is 0.422. The lowest BCUT2D eigenvalue weighted by Gasteiger charge is -2.15. The van der Waals surface area contributed by atoms with Gasteiger partial charge in [0.1, 0.15) is 5.82 Å². The third-order valence-electron chi connectivity index (χ3n) is 5.15. The van der Waals surface area contributed by atoms with Gasteiger partial charge in [0, 0.05) is 23.9 Å². The Labute approximate surface area is 181 Å². The van der Waals surface area contributed by atoms with E-state index in [0.29, 0.717) is 35.6 Å². The molecule has 2 heterocycles. The van der Waals surface area contributed by atoms with E-state index >= 15 is 0 Å². The minimum absolute atomic E-state index is 0.497. The van der Waals surface area contributed by atoms with Gasteiger partial charge in [-0.15, -0.1) is 0 Å². The monoisotopic (exact) mass is 418 g/mol. The van der Waals surface area contributed by atoms with Gasteiger partial charge in [-0.1, -0.05) is 42.4 Å². The number of hydrogen-bond donors (Lipinski definition) is 1. The van der Waals surface area contributed by atoms with Crippen molar-refractivity contribution in [2.24, 2.45) is 0 Å². The van der Waals surface area contributed by atoms with E-state index in [0.717, 1.165) is 40.4 Å². The number of anilines is 1. The number of nitrogens with one attached hydrogen (secondary N) is 1. The molecule has 0 amide bonds. The Morgan fingerprint density at radius 3 is 2.65 bits per heavy atom. The molecule has 4 aromatic rings. The summed E-state index contributed by atoms with van der Waals surface area (Å²) in [6.45, 7) is 4.63.